The van der Waals surface area contributed by atoms with E-state index in [4.69, 9.17) is 9.84 Å². The number of carbonyl (C=O) groups excluding carboxylic acids is 2. The van der Waals surface area contributed by atoms with Gasteiger partial charge in [0.15, 0.2) is 11.6 Å². The Balaban J connectivity index is 1.79. The summed E-state index contributed by atoms with van der Waals surface area (Å²) in [5.41, 5.74) is 0.477. The van der Waals surface area contributed by atoms with Crippen molar-refractivity contribution in [3.05, 3.63) is 83.4 Å². The van der Waals surface area contributed by atoms with E-state index < -0.39 is 29.5 Å². The molecule has 0 atom stereocenters. The summed E-state index contributed by atoms with van der Waals surface area (Å²) in [4.78, 5) is 36.2. The van der Waals surface area contributed by atoms with Gasteiger partial charge in [-0.05, 0) is 54.6 Å². The molecule has 0 aromatic heterocycles. The molecule has 3 aromatic carbocycles. The van der Waals surface area contributed by atoms with Crippen molar-refractivity contribution in [3.8, 4) is 5.75 Å². The normalized spacial score (nSPS) is 10.3. The van der Waals surface area contributed by atoms with Crippen molar-refractivity contribution in [1.82, 2.24) is 0 Å². The number of methoxy groups -OCH3 is 1. The number of nitrogens with one attached hydrogen (secondary N) is 2. The Kier molecular flexibility index (Phi) is 7.13. The summed E-state index contributed by atoms with van der Waals surface area (Å²) in [6, 6.07) is 11.9. The predicted octanol–water partition coefficient (Wildman–Crippen LogP) is 4.81. The number of carbonyl (C=O) groups is 3. The van der Waals surface area contributed by atoms with Gasteiger partial charge in [0, 0.05) is 11.3 Å². The van der Waals surface area contributed by atoms with Gasteiger partial charge < -0.3 is 20.5 Å². The topological polar surface area (TPSA) is 108 Å². The molecule has 8 nitrogen and oxygen atoms in total. The highest BCUT2D eigenvalue weighted by Crippen LogP contribution is 2.29. The maximum Gasteiger partial charge on any atom is 0.336 e. The summed E-state index contributed by atoms with van der Waals surface area (Å²) in [6.07, 6.45) is 0. The number of thiol groups is 1. The van der Waals surface area contributed by atoms with Crippen molar-refractivity contribution in [2.24, 2.45) is 0 Å². The van der Waals surface area contributed by atoms with E-state index in [-0.39, 0.29) is 33.9 Å². The molecule has 3 aromatic rings. The number of aromatic carboxylic acids is 1. The number of carboxylic acid groups (broad SMARTS) is 1. The molecule has 0 radical (unpaired) electrons. The molecular formula is C22H17F2N3O5S. The molecule has 0 heterocycles. The number of amides is 3. The molecule has 11 heteroatoms. The molecule has 0 saturated heterocycles. The van der Waals surface area contributed by atoms with E-state index in [0.717, 1.165) is 22.5 Å². The van der Waals surface area contributed by atoms with Gasteiger partial charge in [-0.2, -0.15) is 0 Å². The molecule has 170 valence electrons. The Morgan fingerprint density at radius 3 is 2.36 bits per heavy atom. The zero-order chi connectivity index (χ0) is 24.1. The zero-order valence-corrected chi connectivity index (χ0v) is 17.9. The molecule has 3 amide bonds. The number of rotatable bonds is 6. The lowest BCUT2D eigenvalue weighted by Gasteiger charge is -2.19. The lowest BCUT2D eigenvalue weighted by Crippen LogP contribution is -2.27. The van der Waals surface area contributed by atoms with Crippen LogP contribution in [0.2, 0.25) is 0 Å². The van der Waals surface area contributed by atoms with Crippen molar-refractivity contribution in [1.29, 1.82) is 0 Å². The first kappa shape index (κ1) is 23.5. The summed E-state index contributed by atoms with van der Waals surface area (Å²) in [6.45, 7) is 0. The Hall–Kier alpha value is -4.12. The van der Waals surface area contributed by atoms with Crippen LogP contribution in [0.5, 0.6) is 5.75 Å². The molecule has 0 unspecified atom stereocenters. The predicted molar refractivity (Wildman–Crippen MR) is 121 cm³/mol. The van der Waals surface area contributed by atoms with Crippen LogP contribution in [0.3, 0.4) is 0 Å². The number of halogens is 2. The first-order valence-electron chi connectivity index (χ1n) is 9.27. The van der Waals surface area contributed by atoms with Gasteiger partial charge in [-0.15, -0.1) is 0 Å². The smallest absolute Gasteiger partial charge is 0.336 e. The van der Waals surface area contributed by atoms with Gasteiger partial charge in [-0.25, -0.2) is 22.7 Å². The fourth-order valence-electron chi connectivity index (χ4n) is 2.78. The molecule has 0 aliphatic rings. The molecular weight excluding hydrogens is 456 g/mol. The van der Waals surface area contributed by atoms with Gasteiger partial charge in [0.1, 0.15) is 5.75 Å². The van der Waals surface area contributed by atoms with Crippen molar-refractivity contribution in [2.75, 3.05) is 22.0 Å². The molecule has 0 bridgehead atoms. The summed E-state index contributed by atoms with van der Waals surface area (Å²) in [5, 5.41) is 14.2. The van der Waals surface area contributed by atoms with Gasteiger partial charge in [-0.3, -0.25) is 4.79 Å². The lowest BCUT2D eigenvalue weighted by molar-refractivity contribution is 0.0696. The van der Waals surface area contributed by atoms with Crippen LogP contribution in [0.4, 0.5) is 30.6 Å². The Morgan fingerprint density at radius 1 is 0.939 bits per heavy atom. The van der Waals surface area contributed by atoms with Crippen molar-refractivity contribution in [2.45, 2.75) is 0 Å². The second-order valence-corrected chi connectivity index (χ2v) is 7.00. The fourth-order valence-corrected chi connectivity index (χ4v) is 2.95. The first-order chi connectivity index (χ1) is 15.7. The standard InChI is InChI=1S/C22H17F2N3O5S/c1-32-19-8-6-14(25-20(28)12-5-7-16(23)17(24)10-12)11-18(19)26-22(31)27(33)15-4-2-3-13(9-15)21(29)30/h2-11,33H,1H3,(H,25,28)(H,26,31)(H,29,30). The third-order valence-corrected chi connectivity index (χ3v) is 4.82. The van der Waals surface area contributed by atoms with Gasteiger partial charge in [0.2, 0.25) is 0 Å². The minimum atomic E-state index is -1.16. The highest BCUT2D eigenvalue weighted by atomic mass is 32.1. The van der Waals surface area contributed by atoms with E-state index in [9.17, 15) is 23.2 Å². The van der Waals surface area contributed by atoms with E-state index >= 15 is 0 Å². The van der Waals surface area contributed by atoms with Crippen LogP contribution < -0.4 is 19.7 Å². The molecule has 0 saturated carbocycles. The highest BCUT2D eigenvalue weighted by Gasteiger charge is 2.17. The van der Waals surface area contributed by atoms with Gasteiger partial charge in [-0.1, -0.05) is 18.9 Å². The van der Waals surface area contributed by atoms with E-state index in [1.807, 2.05) is 0 Å². The molecule has 3 rings (SSSR count). The van der Waals surface area contributed by atoms with Crippen molar-refractivity contribution in [3.63, 3.8) is 0 Å². The monoisotopic (exact) mass is 473 g/mol. The largest absolute Gasteiger partial charge is 0.495 e. The van der Waals surface area contributed by atoms with Crippen LogP contribution in [0.15, 0.2) is 60.7 Å². The summed E-state index contributed by atoms with van der Waals surface area (Å²) in [5.74, 6) is -3.84. The second kappa shape index (κ2) is 10.0. The van der Waals surface area contributed by atoms with Crippen molar-refractivity contribution >= 4 is 47.8 Å². The van der Waals surface area contributed by atoms with E-state index in [0.29, 0.717) is 0 Å². The molecule has 0 spiro atoms. The highest BCUT2D eigenvalue weighted by molar-refractivity contribution is 7.82. The summed E-state index contributed by atoms with van der Waals surface area (Å²) in [7, 11) is 1.37. The van der Waals surface area contributed by atoms with Gasteiger partial charge >= 0.3 is 12.0 Å². The quantitative estimate of drug-likeness (QED) is 0.385. The lowest BCUT2D eigenvalue weighted by atomic mass is 10.2. The number of anilines is 3. The number of carboxylic acids is 1. The maximum atomic E-state index is 13.4. The zero-order valence-electron chi connectivity index (χ0n) is 17.0. The average Bonchev–Trinajstić information content (AvgIpc) is 2.80. The van der Waals surface area contributed by atoms with Gasteiger partial charge in [0.25, 0.3) is 5.91 Å². The Labute approximate surface area is 192 Å². The van der Waals surface area contributed by atoms with Crippen LogP contribution in [0.1, 0.15) is 20.7 Å². The number of urea groups is 1. The van der Waals surface area contributed by atoms with Crippen LogP contribution in [0, 0.1) is 11.6 Å². The average molecular weight is 473 g/mol. The third-order valence-electron chi connectivity index (χ3n) is 4.41. The Bertz CT molecular complexity index is 1240. The van der Waals surface area contributed by atoms with Crippen molar-refractivity contribution < 1.29 is 33.0 Å². The Morgan fingerprint density at radius 2 is 1.70 bits per heavy atom. The third kappa shape index (κ3) is 5.57. The van der Waals surface area contributed by atoms with Crippen LogP contribution >= 0.6 is 12.8 Å². The SMILES string of the molecule is COc1ccc(NC(=O)c2ccc(F)c(F)c2)cc1NC(=O)N(S)c1cccc(C(=O)O)c1. The van der Waals surface area contributed by atoms with Crippen LogP contribution in [-0.2, 0) is 0 Å². The minimum Gasteiger partial charge on any atom is -0.495 e. The molecule has 3 N–H and O–H groups in total. The number of hydrogen-bond acceptors (Lipinski definition) is 5. The minimum absolute atomic E-state index is 0.0288. The molecule has 0 aliphatic carbocycles. The maximum absolute atomic E-state index is 13.4. The van der Waals surface area contributed by atoms with E-state index in [1.54, 1.807) is 0 Å². The van der Waals surface area contributed by atoms with Crippen LogP contribution in [-0.4, -0.2) is 30.1 Å². The van der Waals surface area contributed by atoms with E-state index in [1.165, 1.54) is 49.6 Å². The number of hydrogen-bond donors (Lipinski definition) is 4. The summed E-state index contributed by atoms with van der Waals surface area (Å²) < 4.78 is 32.6. The first-order valence-corrected chi connectivity index (χ1v) is 9.67. The fraction of sp³-hybridized carbons (Fsp3) is 0.0455. The second-order valence-electron chi connectivity index (χ2n) is 6.60. The number of benzene rings is 3. The molecule has 0 fully saturated rings. The number of nitrogens with zero attached hydrogens (tertiary/aromatic N) is 1. The van der Waals surface area contributed by atoms with E-state index in [2.05, 4.69) is 23.4 Å². The van der Waals surface area contributed by atoms with Crippen LogP contribution in [0.25, 0.3) is 0 Å². The summed E-state index contributed by atoms with van der Waals surface area (Å²) >= 11 is 4.12. The molecule has 33 heavy (non-hydrogen) atoms. The molecule has 0 aliphatic heterocycles. The number of ether oxygens (including phenoxy) is 1. The van der Waals surface area contributed by atoms with Gasteiger partial charge in [0.05, 0.1) is 24.0 Å².